The lowest BCUT2D eigenvalue weighted by atomic mass is 10.1. The second-order valence-corrected chi connectivity index (χ2v) is 28.0. The maximum atomic E-state index is 12.8. The molecule has 0 saturated heterocycles. The van der Waals surface area contributed by atoms with Crippen LogP contribution in [0.5, 0.6) is 0 Å². The summed E-state index contributed by atoms with van der Waals surface area (Å²) in [6, 6.07) is 9.22. The van der Waals surface area contributed by atoms with Crippen molar-refractivity contribution in [2.75, 3.05) is 48.5 Å². The SMILES string of the molecule is CN(CCS(=O)(=O)O)c1nc(=Nc2ccc(/C=C/c3ccc(N=c4nc(N(C)CCS(=O)(=O)O)[nH]c(=Nc5cc(S(=O)(=O)O)ccc5S(=O)(=O)O)[nH]4)cc3S(=O)(=O)O)c(S(=O)(=O)O)c2)[nH]c(=Nc2cc(S(=O)(=O)O)ccc2S(=O)(=O)O)[nH]1. The van der Waals surface area contributed by atoms with E-state index in [9.17, 15) is 104 Å². The lowest BCUT2D eigenvalue weighted by Gasteiger charge is -2.16. The molecule has 0 aliphatic rings. The maximum absolute atomic E-state index is 12.8. The molecule has 2 heterocycles. The Balaban J connectivity index is 1.49. The molecular formula is C38H40N12O24S8. The van der Waals surface area contributed by atoms with E-state index in [1.807, 2.05) is 0 Å². The van der Waals surface area contributed by atoms with Crippen molar-refractivity contribution in [1.29, 1.82) is 0 Å². The molecule has 2 aromatic heterocycles. The zero-order chi connectivity index (χ0) is 61.3. The first-order valence-electron chi connectivity index (χ1n) is 21.4. The van der Waals surface area contributed by atoms with Crippen LogP contribution in [0.15, 0.2) is 122 Å². The van der Waals surface area contributed by atoms with Gasteiger partial charge in [0.1, 0.15) is 19.6 Å². The molecule has 0 bridgehead atoms. The van der Waals surface area contributed by atoms with Gasteiger partial charge in [0.25, 0.3) is 80.9 Å². The smallest absolute Gasteiger partial charge is 0.296 e. The average Bonchev–Trinajstić information content (AvgIpc) is 3.32. The third-order valence-electron chi connectivity index (χ3n) is 10.4. The van der Waals surface area contributed by atoms with Crippen molar-refractivity contribution in [3.05, 3.63) is 106 Å². The minimum Gasteiger partial charge on any atom is -0.344 e. The van der Waals surface area contributed by atoms with E-state index >= 15 is 0 Å². The summed E-state index contributed by atoms with van der Waals surface area (Å²) in [5.41, 5.74) is -5.50. The normalized spacial score (nSPS) is 14.2. The molecule has 0 aliphatic heterocycles. The fourth-order valence-electron chi connectivity index (χ4n) is 6.59. The van der Waals surface area contributed by atoms with Gasteiger partial charge in [0, 0.05) is 27.2 Å². The number of aromatic nitrogens is 6. The van der Waals surface area contributed by atoms with E-state index in [-0.39, 0.29) is 34.4 Å². The predicted molar refractivity (Wildman–Crippen MR) is 280 cm³/mol. The summed E-state index contributed by atoms with van der Waals surface area (Å²) in [6.07, 6.45) is 1.90. The fraction of sp³-hybridized carbons (Fsp3) is 0.158. The summed E-state index contributed by atoms with van der Waals surface area (Å²) in [4.78, 5) is 30.9. The number of nitrogens with one attached hydrogen (secondary N) is 4. The first-order valence-corrected chi connectivity index (χ1v) is 33.3. The Bertz CT molecular complexity index is 4560. The van der Waals surface area contributed by atoms with Crippen molar-refractivity contribution in [2.45, 2.75) is 29.4 Å². The maximum Gasteiger partial charge on any atom is 0.296 e. The van der Waals surface area contributed by atoms with Crippen molar-refractivity contribution in [3.8, 4) is 0 Å². The molecule has 0 spiro atoms. The summed E-state index contributed by atoms with van der Waals surface area (Å²) in [5, 5.41) is 0. The number of nitrogens with zero attached hydrogens (tertiary/aromatic N) is 8. The number of anilines is 2. The minimum absolute atomic E-state index is 0.369. The van der Waals surface area contributed by atoms with Gasteiger partial charge in [0.15, 0.2) is 0 Å². The van der Waals surface area contributed by atoms with E-state index in [1.54, 1.807) is 0 Å². The Hall–Kier alpha value is -7.28. The topological polar surface area (TPSA) is 580 Å². The highest BCUT2D eigenvalue weighted by atomic mass is 32.2. The van der Waals surface area contributed by atoms with Crippen LogP contribution in [0.1, 0.15) is 11.1 Å². The third kappa shape index (κ3) is 17.6. The molecule has 36 nitrogen and oxygen atoms in total. The molecule has 0 unspecified atom stereocenters. The van der Waals surface area contributed by atoms with Gasteiger partial charge >= 0.3 is 0 Å². The van der Waals surface area contributed by atoms with Crippen LogP contribution >= 0.6 is 0 Å². The largest absolute Gasteiger partial charge is 0.344 e. The van der Waals surface area contributed by atoms with Crippen molar-refractivity contribution >= 4 is 128 Å². The molecule has 4 aromatic carbocycles. The molecule has 6 rings (SSSR count). The number of H-pyrrole nitrogens is 4. The Morgan fingerprint density at radius 1 is 0.415 bits per heavy atom. The predicted octanol–water partition coefficient (Wildman–Crippen LogP) is -0.983. The standard InChI is InChI=1S/C38H40N12O24S8/c1-49(13-15-75(51,52)53)37-45-33(43-35(47-37)41-27-19-25(77(57,58)59)9-11-29(27)79(63,64)65)39-23-7-5-21(31(17-23)81(69,70)71)3-4-22-6-8-24(18-32(22)82(72,73)74)40-34-44-36(48-38(46-34)50(2)14-16-76(54,55)56)42-28-20-26(78(60,61)62)10-12-30(28)80(66,67)68/h3-12,17-20H,13-16H2,1-2H3,(H,51,52,53)(H,54,55,56)(H,57,58,59)(H,60,61,62)(H,63,64,65)(H,66,67,68)(H,69,70,71)(H,72,73,74)(H2,39,41,43,45,47)(H2,40,42,44,46,48)/b4-3+. The van der Waals surface area contributed by atoms with Crippen molar-refractivity contribution in [3.63, 3.8) is 0 Å². The van der Waals surface area contributed by atoms with Crippen molar-refractivity contribution in [2.24, 2.45) is 20.0 Å². The Morgan fingerprint density at radius 2 is 0.744 bits per heavy atom. The molecular weight excluding hydrogens is 1270 g/mol. The number of hydrogen-bond donors (Lipinski definition) is 12. The van der Waals surface area contributed by atoms with Gasteiger partial charge in [-0.25, -0.2) is 20.0 Å². The average molecular weight is 1310 g/mol. The van der Waals surface area contributed by atoms with Crippen LogP contribution in [0.4, 0.5) is 34.6 Å². The highest BCUT2D eigenvalue weighted by Crippen LogP contribution is 2.30. The van der Waals surface area contributed by atoms with Crippen LogP contribution < -0.4 is 32.3 Å². The third-order valence-corrected chi connectivity index (χ3v) is 17.1. The molecule has 0 fully saturated rings. The quantitative estimate of drug-likeness (QED) is 0.0323. The first kappa shape index (κ1) is 63.9. The summed E-state index contributed by atoms with van der Waals surface area (Å²) >= 11 is 0. The van der Waals surface area contributed by atoms with Gasteiger partial charge in [0.05, 0.1) is 44.0 Å². The van der Waals surface area contributed by atoms with Crippen LogP contribution in [0, 0.1) is 0 Å². The van der Waals surface area contributed by atoms with Crippen LogP contribution in [0.25, 0.3) is 12.2 Å². The molecule has 12 N–H and O–H groups in total. The molecule has 0 atom stereocenters. The highest BCUT2D eigenvalue weighted by Gasteiger charge is 2.23. The molecule has 6 aromatic rings. The van der Waals surface area contributed by atoms with Gasteiger partial charge in [-0.15, -0.1) is 0 Å². The summed E-state index contributed by atoms with van der Waals surface area (Å²) in [7, 11) is -37.6. The zero-order valence-corrected chi connectivity index (χ0v) is 47.4. The first-order chi connectivity index (χ1) is 37.4. The van der Waals surface area contributed by atoms with Gasteiger partial charge in [-0.05, 0) is 71.8 Å². The van der Waals surface area contributed by atoms with Gasteiger partial charge in [0.2, 0.25) is 34.4 Å². The summed E-state index contributed by atoms with van der Waals surface area (Å²) < 4.78 is 272. The highest BCUT2D eigenvalue weighted by molar-refractivity contribution is 7.87. The Labute approximate surface area is 462 Å². The Morgan fingerprint density at radius 3 is 1.04 bits per heavy atom. The fourth-order valence-corrected chi connectivity index (χ4v) is 11.2. The second kappa shape index (κ2) is 23.5. The zero-order valence-electron chi connectivity index (χ0n) is 40.9. The van der Waals surface area contributed by atoms with Gasteiger partial charge in [-0.1, -0.05) is 24.3 Å². The van der Waals surface area contributed by atoms with E-state index < -0.39 is 169 Å². The van der Waals surface area contributed by atoms with Crippen LogP contribution in [-0.2, 0) is 80.9 Å². The van der Waals surface area contributed by atoms with Gasteiger partial charge in [-0.3, -0.25) is 56.4 Å². The molecule has 82 heavy (non-hydrogen) atoms. The summed E-state index contributed by atoms with van der Waals surface area (Å²) in [6.45, 7) is -1.00. The molecule has 0 saturated carbocycles. The van der Waals surface area contributed by atoms with E-state index in [1.165, 1.54) is 14.1 Å². The summed E-state index contributed by atoms with van der Waals surface area (Å²) in [5.74, 6) is -2.52. The Kier molecular flexibility index (Phi) is 18.3. The molecule has 0 aliphatic carbocycles. The number of aromatic amines is 4. The van der Waals surface area contributed by atoms with Gasteiger partial charge < -0.3 is 9.80 Å². The second-order valence-electron chi connectivity index (χ2n) is 16.5. The van der Waals surface area contributed by atoms with Crippen LogP contribution in [0.3, 0.4) is 0 Å². The van der Waals surface area contributed by atoms with E-state index in [0.717, 1.165) is 58.4 Å². The molecule has 0 radical (unpaired) electrons. The number of rotatable bonds is 20. The molecule has 44 heteroatoms. The van der Waals surface area contributed by atoms with Crippen molar-refractivity contribution in [1.82, 2.24) is 29.9 Å². The van der Waals surface area contributed by atoms with E-state index in [2.05, 4.69) is 49.9 Å². The number of hydrogen-bond acceptors (Lipinski definition) is 24. The lowest BCUT2D eigenvalue weighted by molar-refractivity contribution is 0.478. The lowest BCUT2D eigenvalue weighted by Crippen LogP contribution is -2.34. The van der Waals surface area contributed by atoms with E-state index in [4.69, 9.17) is 0 Å². The molecule has 0 amide bonds. The monoisotopic (exact) mass is 1300 g/mol. The van der Waals surface area contributed by atoms with Crippen molar-refractivity contribution < 1.29 is 104 Å². The van der Waals surface area contributed by atoms with Crippen LogP contribution in [0.2, 0.25) is 0 Å². The van der Waals surface area contributed by atoms with Crippen LogP contribution in [-0.4, -0.2) is 172 Å². The van der Waals surface area contributed by atoms with Gasteiger partial charge in [-0.2, -0.15) is 77.3 Å². The minimum atomic E-state index is -5.26. The van der Waals surface area contributed by atoms with E-state index in [0.29, 0.717) is 36.4 Å². The number of benzene rings is 4. The molecule has 444 valence electrons.